The van der Waals surface area contributed by atoms with E-state index in [1.807, 2.05) is 0 Å². The first-order chi connectivity index (χ1) is 15.7. The third-order valence-corrected chi connectivity index (χ3v) is 9.61. The Hall–Kier alpha value is -0.540. The molecule has 0 aromatic rings. The first-order valence-electron chi connectivity index (χ1n) is 14.6. The highest BCUT2D eigenvalue weighted by atomic mass is 16.3. The molecule has 4 rings (SSSR count). The number of hydrogen-bond donors (Lipinski definition) is 2. The first-order valence-corrected chi connectivity index (χ1v) is 14.6. The predicted octanol–water partition coefficient (Wildman–Crippen LogP) is 6.81. The maximum atomic E-state index is 11.3. The highest BCUT2D eigenvalue weighted by Crippen LogP contribution is 2.39. The number of piperidine rings is 1. The lowest BCUT2D eigenvalue weighted by atomic mass is 9.72. The monoisotopic (exact) mass is 444 g/mol. The second kappa shape index (κ2) is 12.8. The van der Waals surface area contributed by atoms with Gasteiger partial charge in [0.15, 0.2) is 0 Å². The third kappa shape index (κ3) is 7.23. The van der Waals surface area contributed by atoms with E-state index in [0.717, 1.165) is 37.8 Å². The Labute approximate surface area is 198 Å². The Morgan fingerprint density at radius 2 is 1.62 bits per heavy atom. The van der Waals surface area contributed by atoms with Crippen LogP contribution < -0.4 is 5.32 Å². The van der Waals surface area contributed by atoms with Gasteiger partial charge in [-0.05, 0) is 94.9 Å². The Morgan fingerprint density at radius 3 is 2.31 bits per heavy atom. The number of rotatable bonds is 10. The largest absolute Gasteiger partial charge is 0.390 e. The summed E-state index contributed by atoms with van der Waals surface area (Å²) in [4.78, 5) is 2.69. The number of nitrogens with zero attached hydrogens (tertiary/aromatic N) is 1. The maximum absolute atomic E-state index is 11.3. The van der Waals surface area contributed by atoms with Crippen molar-refractivity contribution in [3.05, 3.63) is 11.8 Å². The molecule has 4 aliphatic rings. The summed E-state index contributed by atoms with van der Waals surface area (Å²) >= 11 is 0. The van der Waals surface area contributed by atoms with Crippen LogP contribution in [0, 0.1) is 17.8 Å². The Morgan fingerprint density at radius 1 is 0.906 bits per heavy atom. The van der Waals surface area contributed by atoms with Crippen LogP contribution in [0.2, 0.25) is 0 Å². The Kier molecular flexibility index (Phi) is 9.83. The van der Waals surface area contributed by atoms with Crippen LogP contribution in [0.25, 0.3) is 0 Å². The predicted molar refractivity (Wildman–Crippen MR) is 136 cm³/mol. The van der Waals surface area contributed by atoms with Gasteiger partial charge in [-0.2, -0.15) is 0 Å². The summed E-state index contributed by atoms with van der Waals surface area (Å²) in [6, 6.07) is 0. The lowest BCUT2D eigenvalue weighted by molar-refractivity contribution is -0.0780. The standard InChI is InChI=1S/C29H52N2O/c32-29(27-14-6-2-7-15-27)19-23-31(24-20-29)22-18-26(25-11-4-1-5-12-25)13-10-21-30-28-16-8-3-9-17-28/h16,25-27,30,32H,1-15,17-24H2. The van der Waals surface area contributed by atoms with Crippen molar-refractivity contribution in [3.63, 3.8) is 0 Å². The van der Waals surface area contributed by atoms with Gasteiger partial charge in [0.25, 0.3) is 0 Å². The fraction of sp³-hybridized carbons (Fsp3) is 0.931. The van der Waals surface area contributed by atoms with Gasteiger partial charge in [0.05, 0.1) is 5.60 Å². The number of aliphatic hydroxyl groups is 1. The molecule has 1 heterocycles. The summed E-state index contributed by atoms with van der Waals surface area (Å²) in [7, 11) is 0. The number of hydrogen-bond acceptors (Lipinski definition) is 3. The maximum Gasteiger partial charge on any atom is 0.0700 e. The minimum absolute atomic E-state index is 0.348. The summed E-state index contributed by atoms with van der Waals surface area (Å²) in [6.07, 6.45) is 27.8. The summed E-state index contributed by atoms with van der Waals surface area (Å²) < 4.78 is 0. The summed E-state index contributed by atoms with van der Waals surface area (Å²) in [5.74, 6) is 2.47. The van der Waals surface area contributed by atoms with Crippen molar-refractivity contribution in [1.29, 1.82) is 0 Å². The van der Waals surface area contributed by atoms with E-state index in [2.05, 4.69) is 16.3 Å². The highest BCUT2D eigenvalue weighted by Gasteiger charge is 2.39. The molecule has 2 N–H and O–H groups in total. The van der Waals surface area contributed by atoms with Gasteiger partial charge in [0.1, 0.15) is 0 Å². The molecule has 0 spiro atoms. The molecule has 0 aromatic heterocycles. The molecule has 0 bridgehead atoms. The van der Waals surface area contributed by atoms with E-state index in [1.54, 1.807) is 0 Å². The molecule has 3 aliphatic carbocycles. The topological polar surface area (TPSA) is 35.5 Å². The zero-order valence-electron chi connectivity index (χ0n) is 21.0. The van der Waals surface area contributed by atoms with Crippen LogP contribution in [0.4, 0.5) is 0 Å². The first kappa shape index (κ1) is 24.6. The average Bonchev–Trinajstić information content (AvgIpc) is 2.86. The smallest absolute Gasteiger partial charge is 0.0700 e. The second-order valence-electron chi connectivity index (χ2n) is 11.8. The van der Waals surface area contributed by atoms with E-state index in [4.69, 9.17) is 0 Å². The van der Waals surface area contributed by atoms with Crippen molar-refractivity contribution in [2.24, 2.45) is 17.8 Å². The SMILES string of the molecule is OC1(C2CCCCC2)CCN(CCC(CCCNC2=CCCCC2)C2CCCCC2)CC1. The van der Waals surface area contributed by atoms with Crippen molar-refractivity contribution in [2.45, 2.75) is 128 Å². The van der Waals surface area contributed by atoms with E-state index in [1.165, 1.54) is 128 Å². The second-order valence-corrected chi connectivity index (χ2v) is 11.8. The van der Waals surface area contributed by atoms with Crippen LogP contribution in [-0.2, 0) is 0 Å². The quantitative estimate of drug-likeness (QED) is 0.363. The van der Waals surface area contributed by atoms with E-state index >= 15 is 0 Å². The molecule has 2 saturated carbocycles. The molecule has 32 heavy (non-hydrogen) atoms. The van der Waals surface area contributed by atoms with E-state index in [9.17, 15) is 5.11 Å². The van der Waals surface area contributed by atoms with Crippen LogP contribution in [0.15, 0.2) is 11.8 Å². The van der Waals surface area contributed by atoms with Crippen LogP contribution in [0.1, 0.15) is 122 Å². The number of likely N-dealkylation sites (tertiary alicyclic amines) is 1. The number of allylic oxidation sites excluding steroid dienone is 2. The van der Waals surface area contributed by atoms with Crippen molar-refractivity contribution >= 4 is 0 Å². The zero-order chi connectivity index (χ0) is 22.1. The van der Waals surface area contributed by atoms with E-state index < -0.39 is 0 Å². The zero-order valence-corrected chi connectivity index (χ0v) is 21.0. The minimum atomic E-state index is -0.348. The van der Waals surface area contributed by atoms with Crippen molar-refractivity contribution in [2.75, 3.05) is 26.2 Å². The van der Waals surface area contributed by atoms with Crippen molar-refractivity contribution in [3.8, 4) is 0 Å². The van der Waals surface area contributed by atoms with Crippen LogP contribution in [0.3, 0.4) is 0 Å². The van der Waals surface area contributed by atoms with Crippen molar-refractivity contribution < 1.29 is 5.11 Å². The van der Waals surface area contributed by atoms with Gasteiger partial charge >= 0.3 is 0 Å². The molecule has 0 amide bonds. The lowest BCUT2D eigenvalue weighted by Crippen LogP contribution is -2.49. The summed E-state index contributed by atoms with van der Waals surface area (Å²) in [6.45, 7) is 4.69. The molecular formula is C29H52N2O. The van der Waals surface area contributed by atoms with Gasteiger partial charge in [-0.1, -0.05) is 57.4 Å². The Bertz CT molecular complexity index is 554. The van der Waals surface area contributed by atoms with Gasteiger partial charge in [0.2, 0.25) is 0 Å². The van der Waals surface area contributed by atoms with Gasteiger partial charge in [-0.3, -0.25) is 0 Å². The summed E-state index contributed by atoms with van der Waals surface area (Å²) in [5.41, 5.74) is 1.17. The molecule has 1 saturated heterocycles. The highest BCUT2D eigenvalue weighted by molar-refractivity contribution is 5.02. The molecule has 1 unspecified atom stereocenters. The molecule has 3 nitrogen and oxygen atoms in total. The fourth-order valence-corrected chi connectivity index (χ4v) is 7.39. The van der Waals surface area contributed by atoms with Gasteiger partial charge < -0.3 is 15.3 Å². The number of nitrogens with one attached hydrogen (secondary N) is 1. The van der Waals surface area contributed by atoms with Gasteiger partial charge in [-0.15, -0.1) is 0 Å². The van der Waals surface area contributed by atoms with E-state index in [-0.39, 0.29) is 5.60 Å². The molecule has 3 fully saturated rings. The molecule has 1 atom stereocenters. The lowest BCUT2D eigenvalue weighted by Gasteiger charge is -2.45. The minimum Gasteiger partial charge on any atom is -0.390 e. The molecular weight excluding hydrogens is 392 g/mol. The third-order valence-electron chi connectivity index (χ3n) is 9.61. The molecule has 3 heteroatoms. The van der Waals surface area contributed by atoms with E-state index in [0.29, 0.717) is 5.92 Å². The van der Waals surface area contributed by atoms with Crippen LogP contribution in [-0.4, -0.2) is 41.8 Å². The molecule has 1 aliphatic heterocycles. The molecule has 0 aromatic carbocycles. The summed E-state index contributed by atoms with van der Waals surface area (Å²) in [5, 5.41) is 15.1. The molecule has 184 valence electrons. The van der Waals surface area contributed by atoms with Gasteiger partial charge in [0, 0.05) is 25.3 Å². The van der Waals surface area contributed by atoms with Crippen molar-refractivity contribution in [1.82, 2.24) is 10.2 Å². The Balaban J connectivity index is 1.20. The molecule has 0 radical (unpaired) electrons. The van der Waals surface area contributed by atoms with Crippen LogP contribution in [0.5, 0.6) is 0 Å². The fourth-order valence-electron chi connectivity index (χ4n) is 7.39. The average molecular weight is 445 g/mol. The normalized spacial score (nSPS) is 27.1. The van der Waals surface area contributed by atoms with Crippen LogP contribution >= 0.6 is 0 Å². The van der Waals surface area contributed by atoms with Gasteiger partial charge in [-0.25, -0.2) is 0 Å².